The van der Waals surface area contributed by atoms with Crippen LogP contribution in [-0.2, 0) is 26.9 Å². The van der Waals surface area contributed by atoms with Gasteiger partial charge in [-0.25, -0.2) is 8.78 Å². The van der Waals surface area contributed by atoms with E-state index in [0.717, 1.165) is 54.0 Å². The lowest BCUT2D eigenvalue weighted by atomic mass is 9.87. The average molecular weight is 764 g/mol. The molecule has 0 saturated heterocycles. The maximum Gasteiger partial charge on any atom is 0.417 e. The molecular formula is C38H40BrF5N2O4. The lowest BCUT2D eigenvalue weighted by Gasteiger charge is -2.26. The van der Waals surface area contributed by atoms with E-state index in [1.165, 1.54) is 18.2 Å². The number of rotatable bonds is 16. The molecule has 50 heavy (non-hydrogen) atoms. The van der Waals surface area contributed by atoms with Crippen LogP contribution in [0.25, 0.3) is 11.1 Å². The zero-order chi connectivity index (χ0) is 36.7. The largest absolute Gasteiger partial charge is 0.466 e. The minimum atomic E-state index is -4.83. The number of amides is 1. The smallest absolute Gasteiger partial charge is 0.417 e. The van der Waals surface area contributed by atoms with E-state index in [-0.39, 0.29) is 24.5 Å². The molecule has 3 aromatic rings. The molecule has 1 fully saturated rings. The van der Waals surface area contributed by atoms with Crippen molar-refractivity contribution in [3.05, 3.63) is 116 Å². The summed E-state index contributed by atoms with van der Waals surface area (Å²) in [5, 5.41) is 2.70. The minimum absolute atomic E-state index is 0.00886. The number of allylic oxidation sites excluding steroid dienone is 2. The molecule has 0 bridgehead atoms. The molecular weight excluding hydrogens is 723 g/mol. The van der Waals surface area contributed by atoms with Crippen LogP contribution in [-0.4, -0.2) is 23.1 Å². The van der Waals surface area contributed by atoms with E-state index in [2.05, 4.69) is 34.4 Å². The van der Waals surface area contributed by atoms with Crippen molar-refractivity contribution in [2.75, 3.05) is 6.61 Å². The summed E-state index contributed by atoms with van der Waals surface area (Å²) in [6.07, 6.45) is 2.97. The van der Waals surface area contributed by atoms with Crippen molar-refractivity contribution in [2.24, 2.45) is 0 Å². The van der Waals surface area contributed by atoms with Gasteiger partial charge in [0.15, 0.2) is 0 Å². The van der Waals surface area contributed by atoms with E-state index in [9.17, 15) is 31.9 Å². The highest BCUT2D eigenvalue weighted by Gasteiger charge is 2.36. The lowest BCUT2D eigenvalue weighted by molar-refractivity contribution is -0.144. The van der Waals surface area contributed by atoms with Gasteiger partial charge in [-0.05, 0) is 133 Å². The molecule has 4 rings (SSSR count). The number of carbonyl (C=O) groups excluding carboxylic acids is 2. The van der Waals surface area contributed by atoms with E-state index < -0.39 is 63.8 Å². The van der Waals surface area contributed by atoms with E-state index in [1.54, 1.807) is 26.0 Å². The number of pyridine rings is 1. The van der Waals surface area contributed by atoms with Crippen LogP contribution in [0, 0.1) is 18.6 Å². The number of nitrogens with zero attached hydrogens (tertiary/aromatic N) is 1. The Hall–Kier alpha value is -4.06. The number of halogens is 6. The van der Waals surface area contributed by atoms with Crippen molar-refractivity contribution in [3.63, 3.8) is 0 Å². The van der Waals surface area contributed by atoms with Crippen molar-refractivity contribution < 1.29 is 36.3 Å². The van der Waals surface area contributed by atoms with Crippen molar-refractivity contribution in [3.8, 4) is 11.1 Å². The second-order valence-corrected chi connectivity index (χ2v) is 13.3. The van der Waals surface area contributed by atoms with Crippen LogP contribution in [0.15, 0.2) is 71.1 Å². The van der Waals surface area contributed by atoms with Gasteiger partial charge in [0, 0.05) is 22.3 Å². The third kappa shape index (κ3) is 9.38. The molecule has 0 aliphatic heterocycles. The summed E-state index contributed by atoms with van der Waals surface area (Å²) in [6, 6.07) is 3.85. The normalized spacial score (nSPS) is 14.2. The molecule has 2 aromatic carbocycles. The fourth-order valence-corrected chi connectivity index (χ4v) is 6.73. The minimum Gasteiger partial charge on any atom is -0.466 e. The number of aryl methyl sites for hydroxylation is 2. The van der Waals surface area contributed by atoms with Crippen LogP contribution in [0.5, 0.6) is 0 Å². The molecule has 1 aliphatic carbocycles. The van der Waals surface area contributed by atoms with Gasteiger partial charge in [0.25, 0.3) is 5.56 Å². The zero-order valence-corrected chi connectivity index (χ0v) is 29.6. The third-order valence-corrected chi connectivity index (χ3v) is 9.29. The average Bonchev–Trinajstić information content (AvgIpc) is 3.88. The molecule has 1 aromatic heterocycles. The summed E-state index contributed by atoms with van der Waals surface area (Å²) in [4.78, 5) is 39.7. The van der Waals surface area contributed by atoms with Gasteiger partial charge in [-0.2, -0.15) is 13.2 Å². The Morgan fingerprint density at radius 1 is 1.10 bits per heavy atom. The third-order valence-electron chi connectivity index (χ3n) is 8.65. The summed E-state index contributed by atoms with van der Waals surface area (Å²) in [5.41, 5.74) is 0.758. The molecule has 1 aliphatic rings. The van der Waals surface area contributed by atoms with E-state index in [4.69, 9.17) is 4.74 Å². The number of ether oxygens (including phenoxy) is 1. The molecule has 12 heteroatoms. The Bertz CT molecular complexity index is 1820. The summed E-state index contributed by atoms with van der Waals surface area (Å²) in [6.45, 7) is 10.8. The first-order valence-electron chi connectivity index (χ1n) is 16.5. The molecule has 2 atom stereocenters. The lowest BCUT2D eigenvalue weighted by Crippen LogP contribution is -2.40. The fraction of sp³-hybridized carbons (Fsp3) is 0.395. The Labute approximate surface area is 296 Å². The SMILES string of the molecule is C=CCCCCc1cc(F)cc(C)c1-c1cc(C2CC2)c(F)c([C@H](CC(=O)OCC)NC(=O)[C@H](CC=C)n2cc(Br)c(C(F)(F)F)cc2=O)c1. The van der Waals surface area contributed by atoms with Gasteiger partial charge in [-0.15, -0.1) is 13.2 Å². The Morgan fingerprint density at radius 2 is 1.82 bits per heavy atom. The monoisotopic (exact) mass is 762 g/mol. The van der Waals surface area contributed by atoms with Crippen LogP contribution >= 0.6 is 15.9 Å². The molecule has 1 saturated carbocycles. The first-order valence-corrected chi connectivity index (χ1v) is 17.3. The van der Waals surface area contributed by atoms with E-state index in [0.29, 0.717) is 29.2 Å². The molecule has 0 radical (unpaired) electrons. The Kier molecular flexibility index (Phi) is 13.0. The Morgan fingerprint density at radius 3 is 2.44 bits per heavy atom. The highest BCUT2D eigenvalue weighted by atomic mass is 79.9. The van der Waals surface area contributed by atoms with Gasteiger partial charge in [-0.1, -0.05) is 12.2 Å². The summed E-state index contributed by atoms with van der Waals surface area (Å²) in [7, 11) is 0. The van der Waals surface area contributed by atoms with Crippen molar-refractivity contribution in [1.82, 2.24) is 9.88 Å². The van der Waals surface area contributed by atoms with Crippen LogP contribution in [0.4, 0.5) is 22.0 Å². The second kappa shape index (κ2) is 16.8. The van der Waals surface area contributed by atoms with E-state index >= 15 is 4.39 Å². The van der Waals surface area contributed by atoms with Crippen LogP contribution in [0.3, 0.4) is 0 Å². The van der Waals surface area contributed by atoms with Crippen LogP contribution in [0.2, 0.25) is 0 Å². The number of aromatic nitrogens is 1. The summed E-state index contributed by atoms with van der Waals surface area (Å²) < 4.78 is 77.2. The van der Waals surface area contributed by atoms with Gasteiger partial charge < -0.3 is 14.6 Å². The van der Waals surface area contributed by atoms with Crippen LogP contribution < -0.4 is 10.9 Å². The number of carbonyl (C=O) groups is 2. The first kappa shape index (κ1) is 38.7. The number of benzene rings is 2. The number of esters is 1. The molecule has 0 unspecified atom stereocenters. The molecule has 1 heterocycles. The molecule has 6 nitrogen and oxygen atoms in total. The maximum absolute atomic E-state index is 16.5. The maximum atomic E-state index is 16.5. The summed E-state index contributed by atoms with van der Waals surface area (Å²) >= 11 is 2.85. The molecule has 1 amide bonds. The van der Waals surface area contributed by atoms with Gasteiger partial charge in [0.2, 0.25) is 5.91 Å². The number of unbranched alkanes of at least 4 members (excludes halogenated alkanes) is 2. The number of hydrogen-bond acceptors (Lipinski definition) is 4. The predicted octanol–water partition coefficient (Wildman–Crippen LogP) is 9.59. The molecule has 0 spiro atoms. The highest BCUT2D eigenvalue weighted by molar-refractivity contribution is 9.10. The summed E-state index contributed by atoms with van der Waals surface area (Å²) in [5.74, 6) is -2.70. The van der Waals surface area contributed by atoms with Crippen molar-refractivity contribution >= 4 is 27.8 Å². The predicted molar refractivity (Wildman–Crippen MR) is 186 cm³/mol. The Balaban J connectivity index is 1.84. The fourth-order valence-electron chi connectivity index (χ4n) is 6.17. The number of alkyl halides is 3. The number of hydrogen-bond donors (Lipinski definition) is 1. The standard InChI is InChI=1S/C38H40BrF5N2O4/c1-5-8-9-10-12-24-16-26(40)15-22(4)35(24)25-17-27(23-13-14-23)36(41)28(18-25)31(20-34(48)50-7-3)45-37(49)32(11-6-2)46-21-30(39)29(19-33(46)47)38(42,43)44/h5-6,15-19,21,23,31-32H,1-2,7-14,20H2,3-4H3,(H,45,49)/t31-,32-/m0/s1. The van der Waals surface area contributed by atoms with Gasteiger partial charge in [0.05, 0.1) is 24.6 Å². The first-order chi connectivity index (χ1) is 23.7. The highest BCUT2D eigenvalue weighted by Crippen LogP contribution is 2.45. The van der Waals surface area contributed by atoms with Gasteiger partial charge in [0.1, 0.15) is 17.7 Å². The van der Waals surface area contributed by atoms with Crippen LogP contribution in [0.1, 0.15) is 97.7 Å². The van der Waals surface area contributed by atoms with Crippen molar-refractivity contribution in [1.29, 1.82) is 0 Å². The van der Waals surface area contributed by atoms with Gasteiger partial charge in [-0.3, -0.25) is 14.4 Å². The molecule has 268 valence electrons. The van der Waals surface area contributed by atoms with Gasteiger partial charge >= 0.3 is 12.1 Å². The topological polar surface area (TPSA) is 77.4 Å². The second-order valence-electron chi connectivity index (χ2n) is 12.4. The molecule has 1 N–H and O–H groups in total. The quantitative estimate of drug-likeness (QED) is 0.0683. The zero-order valence-electron chi connectivity index (χ0n) is 28.0. The van der Waals surface area contributed by atoms with Crippen molar-refractivity contribution in [2.45, 2.75) is 89.4 Å². The number of nitrogens with one attached hydrogen (secondary N) is 1. The van der Waals surface area contributed by atoms with E-state index in [1.807, 2.05) is 6.08 Å².